The number of benzene rings is 2. The van der Waals surface area contributed by atoms with E-state index in [1.807, 2.05) is 26.8 Å². The first-order chi connectivity index (χ1) is 18.5. The fraction of sp³-hybridized carbons (Fsp3) is 0.414. The number of fused-ring (bicyclic) bond motifs is 1. The van der Waals surface area contributed by atoms with Gasteiger partial charge in [-0.2, -0.15) is 0 Å². The number of carboxylic acids is 1. The van der Waals surface area contributed by atoms with E-state index in [9.17, 15) is 29.1 Å². The molecular formula is C29H36N4O6. The largest absolute Gasteiger partial charge is 0.480 e. The van der Waals surface area contributed by atoms with Gasteiger partial charge in [0.15, 0.2) is 0 Å². The molecule has 0 radical (unpaired) electrons. The molecule has 3 aromatic rings. The number of amides is 2. The third kappa shape index (κ3) is 7.22. The van der Waals surface area contributed by atoms with Crippen molar-refractivity contribution < 1.29 is 19.5 Å². The molecule has 4 atom stereocenters. The fourth-order valence-corrected chi connectivity index (χ4v) is 4.50. The van der Waals surface area contributed by atoms with Crippen molar-refractivity contribution in [3.63, 3.8) is 0 Å². The Morgan fingerprint density at radius 2 is 1.56 bits per heavy atom. The molecule has 2 aromatic carbocycles. The molecule has 1 heterocycles. The number of nitrogens with one attached hydrogen (secondary N) is 3. The van der Waals surface area contributed by atoms with Crippen molar-refractivity contribution in [3.8, 4) is 0 Å². The molecule has 0 saturated heterocycles. The van der Waals surface area contributed by atoms with E-state index in [1.165, 1.54) is 0 Å². The molecule has 3 rings (SSSR count). The Morgan fingerprint density at radius 3 is 2.18 bits per heavy atom. The van der Waals surface area contributed by atoms with E-state index in [4.69, 9.17) is 0 Å². The van der Waals surface area contributed by atoms with Gasteiger partial charge in [0, 0.05) is 6.42 Å². The highest BCUT2D eigenvalue weighted by Gasteiger charge is 2.33. The summed E-state index contributed by atoms with van der Waals surface area (Å²) >= 11 is 0. The SMILES string of the molecule is CCC(C)[C@H](NC(=O)[C@@H](Cc1ccccc1)n1c(=O)[nH]c2ccccc2c1=O)C(=O)N[C@H](CC(C)C)C(=O)O. The molecule has 0 fully saturated rings. The van der Waals surface area contributed by atoms with E-state index in [2.05, 4.69) is 15.6 Å². The van der Waals surface area contributed by atoms with Crippen LogP contribution in [0.2, 0.25) is 0 Å². The van der Waals surface area contributed by atoms with Crippen molar-refractivity contribution in [2.24, 2.45) is 11.8 Å². The molecule has 2 amide bonds. The average molecular weight is 537 g/mol. The van der Waals surface area contributed by atoms with Crippen LogP contribution in [0.5, 0.6) is 0 Å². The van der Waals surface area contributed by atoms with Gasteiger partial charge in [-0.05, 0) is 36.0 Å². The number of aromatic amines is 1. The van der Waals surface area contributed by atoms with Crippen LogP contribution in [0.3, 0.4) is 0 Å². The molecule has 0 aliphatic carbocycles. The standard InChI is InChI=1S/C29H36N4O6/c1-5-18(4)24(26(35)30-22(28(37)38)15-17(2)3)32-25(34)23(16-19-11-7-6-8-12-19)33-27(36)20-13-9-10-14-21(20)31-29(33)39/h6-14,17-18,22-24H,5,15-16H2,1-4H3,(H,30,35)(H,31,39)(H,32,34)(H,37,38)/t18?,22-,23-,24+/m1/s1. The molecule has 1 unspecified atom stereocenters. The monoisotopic (exact) mass is 536 g/mol. The summed E-state index contributed by atoms with van der Waals surface area (Å²) in [5, 5.41) is 15.1. The van der Waals surface area contributed by atoms with Crippen molar-refractivity contribution in [1.82, 2.24) is 20.2 Å². The highest BCUT2D eigenvalue weighted by atomic mass is 16.4. The van der Waals surface area contributed by atoms with Crippen LogP contribution in [-0.2, 0) is 20.8 Å². The van der Waals surface area contributed by atoms with Crippen molar-refractivity contribution in [2.75, 3.05) is 0 Å². The fourth-order valence-electron chi connectivity index (χ4n) is 4.50. The molecule has 0 bridgehead atoms. The summed E-state index contributed by atoms with van der Waals surface area (Å²) in [5.74, 6) is -2.83. The first kappa shape index (κ1) is 29.3. The topological polar surface area (TPSA) is 150 Å². The lowest BCUT2D eigenvalue weighted by Gasteiger charge is -2.28. The number of nitrogens with zero attached hydrogens (tertiary/aromatic N) is 1. The van der Waals surface area contributed by atoms with Crippen molar-refractivity contribution in [3.05, 3.63) is 81.0 Å². The van der Waals surface area contributed by atoms with Crippen molar-refractivity contribution >= 4 is 28.7 Å². The number of aromatic nitrogens is 2. The van der Waals surface area contributed by atoms with Gasteiger partial charge in [-0.25, -0.2) is 14.2 Å². The minimum atomic E-state index is -1.27. The van der Waals surface area contributed by atoms with Gasteiger partial charge < -0.3 is 20.7 Å². The second-order valence-corrected chi connectivity index (χ2v) is 10.3. The van der Waals surface area contributed by atoms with E-state index in [0.717, 1.165) is 4.57 Å². The summed E-state index contributed by atoms with van der Waals surface area (Å²) < 4.78 is 0.884. The van der Waals surface area contributed by atoms with Crippen LogP contribution in [0.25, 0.3) is 10.9 Å². The molecule has 0 aliphatic heterocycles. The third-order valence-electron chi connectivity index (χ3n) is 6.84. The van der Waals surface area contributed by atoms with Crippen LogP contribution < -0.4 is 21.9 Å². The van der Waals surface area contributed by atoms with Crippen LogP contribution in [0.1, 0.15) is 52.1 Å². The van der Waals surface area contributed by atoms with E-state index in [-0.39, 0.29) is 30.1 Å². The number of hydrogen-bond acceptors (Lipinski definition) is 5. The second kappa shape index (κ2) is 13.0. The van der Waals surface area contributed by atoms with E-state index < -0.39 is 47.2 Å². The Morgan fingerprint density at radius 1 is 0.923 bits per heavy atom. The quantitative estimate of drug-likeness (QED) is 0.279. The van der Waals surface area contributed by atoms with Gasteiger partial charge in [-0.3, -0.25) is 14.4 Å². The molecule has 4 N–H and O–H groups in total. The number of aliphatic carboxylic acids is 1. The summed E-state index contributed by atoms with van der Waals surface area (Å²) in [4.78, 5) is 68.0. The normalized spacial score (nSPS) is 14.4. The van der Waals surface area contributed by atoms with Crippen LogP contribution in [0.4, 0.5) is 0 Å². The maximum atomic E-state index is 13.8. The molecule has 10 nitrogen and oxygen atoms in total. The summed E-state index contributed by atoms with van der Waals surface area (Å²) in [7, 11) is 0. The van der Waals surface area contributed by atoms with Gasteiger partial charge in [-0.15, -0.1) is 0 Å². The maximum Gasteiger partial charge on any atom is 0.329 e. The number of para-hydroxylation sites is 1. The number of carbonyl (C=O) groups excluding carboxylic acids is 2. The minimum Gasteiger partial charge on any atom is -0.480 e. The lowest BCUT2D eigenvalue weighted by atomic mass is 9.96. The number of rotatable bonds is 12. The summed E-state index contributed by atoms with van der Waals surface area (Å²) in [6.07, 6.45) is 0.759. The van der Waals surface area contributed by atoms with Crippen molar-refractivity contribution in [2.45, 2.75) is 65.1 Å². The number of H-pyrrole nitrogens is 1. The highest BCUT2D eigenvalue weighted by molar-refractivity contribution is 5.91. The zero-order valence-corrected chi connectivity index (χ0v) is 22.6. The Kier molecular flexibility index (Phi) is 9.81. The molecule has 0 saturated carbocycles. The average Bonchev–Trinajstić information content (AvgIpc) is 2.90. The molecular weight excluding hydrogens is 500 g/mol. The van der Waals surface area contributed by atoms with Crippen LogP contribution in [0, 0.1) is 11.8 Å². The van der Waals surface area contributed by atoms with Crippen LogP contribution in [-0.4, -0.2) is 44.5 Å². The molecule has 0 aliphatic rings. The Balaban J connectivity index is 2.02. The number of hydrogen-bond donors (Lipinski definition) is 4. The molecule has 39 heavy (non-hydrogen) atoms. The van der Waals surface area contributed by atoms with E-state index >= 15 is 0 Å². The van der Waals surface area contributed by atoms with Gasteiger partial charge >= 0.3 is 11.7 Å². The highest BCUT2D eigenvalue weighted by Crippen LogP contribution is 2.16. The Labute approximate surface area is 226 Å². The first-order valence-corrected chi connectivity index (χ1v) is 13.1. The van der Waals surface area contributed by atoms with Crippen LogP contribution in [0.15, 0.2) is 64.2 Å². The van der Waals surface area contributed by atoms with Gasteiger partial charge in [0.05, 0.1) is 10.9 Å². The zero-order valence-electron chi connectivity index (χ0n) is 22.6. The molecule has 10 heteroatoms. The number of carboxylic acid groups (broad SMARTS) is 1. The summed E-state index contributed by atoms with van der Waals surface area (Å²) in [6.45, 7) is 7.32. The van der Waals surface area contributed by atoms with Crippen LogP contribution >= 0.6 is 0 Å². The van der Waals surface area contributed by atoms with Crippen molar-refractivity contribution in [1.29, 1.82) is 0 Å². The Bertz CT molecular complexity index is 1430. The van der Waals surface area contributed by atoms with Gasteiger partial charge in [-0.1, -0.05) is 76.6 Å². The van der Waals surface area contributed by atoms with Gasteiger partial charge in [0.1, 0.15) is 18.1 Å². The third-order valence-corrected chi connectivity index (χ3v) is 6.84. The van der Waals surface area contributed by atoms with Gasteiger partial charge in [0.2, 0.25) is 11.8 Å². The predicted octanol–water partition coefficient (Wildman–Crippen LogP) is 2.62. The number of carbonyl (C=O) groups is 3. The molecule has 1 aromatic heterocycles. The molecule has 208 valence electrons. The molecule has 0 spiro atoms. The minimum absolute atomic E-state index is 0.0183. The first-order valence-electron chi connectivity index (χ1n) is 13.1. The predicted molar refractivity (Wildman–Crippen MR) is 148 cm³/mol. The van der Waals surface area contributed by atoms with E-state index in [0.29, 0.717) is 17.5 Å². The zero-order chi connectivity index (χ0) is 28.7. The lowest BCUT2D eigenvalue weighted by Crippen LogP contribution is -2.56. The smallest absolute Gasteiger partial charge is 0.329 e. The second-order valence-electron chi connectivity index (χ2n) is 10.3. The summed E-state index contributed by atoms with van der Waals surface area (Å²) in [6, 6.07) is 12.0. The van der Waals surface area contributed by atoms with Gasteiger partial charge in [0.25, 0.3) is 5.56 Å². The maximum absolute atomic E-state index is 13.8. The lowest BCUT2D eigenvalue weighted by molar-refractivity contribution is -0.143. The van der Waals surface area contributed by atoms with E-state index in [1.54, 1.807) is 55.5 Å². The Hall–Kier alpha value is -4.21. The summed E-state index contributed by atoms with van der Waals surface area (Å²) in [5.41, 5.74) is -0.311.